The van der Waals surface area contributed by atoms with E-state index in [1.54, 1.807) is 30.5 Å². The number of hydrogen-bond acceptors (Lipinski definition) is 7. The van der Waals surface area contributed by atoms with Gasteiger partial charge in [-0.3, -0.25) is 24.3 Å². The lowest BCUT2D eigenvalue weighted by Gasteiger charge is -2.17. The van der Waals surface area contributed by atoms with Gasteiger partial charge in [0, 0.05) is 12.3 Å². The molecule has 9 heteroatoms. The van der Waals surface area contributed by atoms with Gasteiger partial charge in [-0.15, -0.1) is 0 Å². The molecule has 4 atom stereocenters. The molecule has 1 saturated carbocycles. The van der Waals surface area contributed by atoms with Gasteiger partial charge in [-0.1, -0.05) is 0 Å². The van der Waals surface area contributed by atoms with Gasteiger partial charge in [0.05, 0.1) is 60.3 Å². The highest BCUT2D eigenvalue weighted by molar-refractivity contribution is 6.06. The maximum Gasteiger partial charge on any atom is 0.257 e. The van der Waals surface area contributed by atoms with E-state index in [2.05, 4.69) is 15.3 Å². The number of pyridine rings is 2. The summed E-state index contributed by atoms with van der Waals surface area (Å²) >= 11 is 0. The van der Waals surface area contributed by atoms with Crippen molar-refractivity contribution in [3.05, 3.63) is 47.9 Å². The Bertz CT molecular complexity index is 1070. The quantitative estimate of drug-likeness (QED) is 0.647. The molecule has 1 N–H and O–H groups in total. The van der Waals surface area contributed by atoms with E-state index in [0.29, 0.717) is 35.3 Å². The average Bonchev–Trinajstić information content (AvgIpc) is 3.35. The fraction of sp³-hybridized carbons (Fsp3) is 0.458. The molecule has 2 bridgehead atoms. The maximum absolute atomic E-state index is 12.8. The van der Waals surface area contributed by atoms with Crippen LogP contribution in [0.3, 0.4) is 0 Å². The van der Waals surface area contributed by atoms with Crippen molar-refractivity contribution in [3.63, 3.8) is 0 Å². The van der Waals surface area contributed by atoms with Crippen LogP contribution in [0.25, 0.3) is 0 Å². The van der Waals surface area contributed by atoms with Crippen molar-refractivity contribution in [2.75, 3.05) is 11.9 Å². The molecular weight excluding hydrogens is 424 g/mol. The standard InChI is InChI=1S/C24H24N4O5/c29-22(27-15-5-8-19(26-10-15)32-12-13-1-2-13)14-3-4-16(25-9-14)11-28-23(30)20-17-6-7-18(33-17)21(20)24(28)31/h3-5,8-10,13,17-18,20-21H,1-2,6-7,11-12H2,(H,27,29). The predicted molar refractivity (Wildman–Crippen MR) is 115 cm³/mol. The SMILES string of the molecule is O=C(Nc1ccc(OCC2CC2)nc1)c1ccc(CN2C(=O)C3C4CCC(O4)C3C2=O)nc1. The molecule has 3 amide bonds. The van der Waals surface area contributed by atoms with Gasteiger partial charge in [0.2, 0.25) is 17.7 Å². The molecular formula is C24H24N4O5. The molecule has 9 nitrogen and oxygen atoms in total. The van der Waals surface area contributed by atoms with E-state index in [9.17, 15) is 14.4 Å². The molecule has 0 radical (unpaired) electrons. The number of likely N-dealkylation sites (tertiary alicyclic amines) is 1. The van der Waals surface area contributed by atoms with Gasteiger partial charge in [-0.05, 0) is 49.8 Å². The molecule has 4 unspecified atom stereocenters. The minimum absolute atomic E-state index is 0.109. The fourth-order valence-corrected chi connectivity index (χ4v) is 4.97. The summed E-state index contributed by atoms with van der Waals surface area (Å²) in [5.41, 5.74) is 1.48. The molecule has 170 valence electrons. The highest BCUT2D eigenvalue weighted by Gasteiger charge is 2.62. The molecule has 4 fully saturated rings. The lowest BCUT2D eigenvalue weighted by atomic mass is 9.81. The van der Waals surface area contributed by atoms with Crippen LogP contribution >= 0.6 is 0 Å². The predicted octanol–water partition coefficient (Wildman–Crippen LogP) is 2.18. The van der Waals surface area contributed by atoms with E-state index in [4.69, 9.17) is 9.47 Å². The van der Waals surface area contributed by atoms with E-state index >= 15 is 0 Å². The van der Waals surface area contributed by atoms with Crippen LogP contribution in [-0.4, -0.2) is 51.4 Å². The minimum atomic E-state index is -0.347. The molecule has 2 aromatic heterocycles. The zero-order valence-corrected chi connectivity index (χ0v) is 18.0. The first-order valence-electron chi connectivity index (χ1n) is 11.4. The summed E-state index contributed by atoms with van der Waals surface area (Å²) in [4.78, 5) is 48.0. The Hall–Kier alpha value is -3.33. The zero-order valence-electron chi connectivity index (χ0n) is 18.0. The lowest BCUT2D eigenvalue weighted by molar-refractivity contribution is -0.143. The highest BCUT2D eigenvalue weighted by atomic mass is 16.5. The second kappa shape index (κ2) is 7.91. The summed E-state index contributed by atoms with van der Waals surface area (Å²) in [5, 5.41) is 2.78. The van der Waals surface area contributed by atoms with Gasteiger partial charge in [0.25, 0.3) is 5.91 Å². The van der Waals surface area contributed by atoms with Crippen molar-refractivity contribution in [2.45, 2.75) is 44.4 Å². The van der Waals surface area contributed by atoms with Crippen LogP contribution in [0.1, 0.15) is 41.7 Å². The Kier molecular flexibility index (Phi) is 4.86. The molecule has 33 heavy (non-hydrogen) atoms. The van der Waals surface area contributed by atoms with Gasteiger partial charge < -0.3 is 14.8 Å². The third kappa shape index (κ3) is 3.76. The van der Waals surface area contributed by atoms with Gasteiger partial charge in [0.15, 0.2) is 0 Å². The number of carbonyl (C=O) groups excluding carboxylic acids is 3. The first-order chi connectivity index (χ1) is 16.1. The highest BCUT2D eigenvalue weighted by Crippen LogP contribution is 2.48. The van der Waals surface area contributed by atoms with Crippen LogP contribution in [0.4, 0.5) is 5.69 Å². The number of rotatable bonds is 7. The Labute approximate surface area is 190 Å². The summed E-state index contributed by atoms with van der Waals surface area (Å²) in [6.07, 6.45) is 6.84. The number of anilines is 1. The summed E-state index contributed by atoms with van der Waals surface area (Å²) in [6.45, 7) is 0.792. The van der Waals surface area contributed by atoms with Crippen LogP contribution in [0, 0.1) is 17.8 Å². The Morgan fingerprint density at radius 2 is 1.76 bits per heavy atom. The Morgan fingerprint density at radius 3 is 2.36 bits per heavy atom. The van der Waals surface area contributed by atoms with Crippen molar-refractivity contribution < 1.29 is 23.9 Å². The molecule has 3 saturated heterocycles. The van der Waals surface area contributed by atoms with Crippen molar-refractivity contribution in [3.8, 4) is 5.88 Å². The van der Waals surface area contributed by atoms with E-state index < -0.39 is 0 Å². The number of nitrogens with zero attached hydrogens (tertiary/aromatic N) is 3. The number of nitrogens with one attached hydrogen (secondary N) is 1. The van der Waals surface area contributed by atoms with Gasteiger partial charge in [0.1, 0.15) is 0 Å². The smallest absolute Gasteiger partial charge is 0.257 e. The summed E-state index contributed by atoms with van der Waals surface area (Å²) in [7, 11) is 0. The number of fused-ring (bicyclic) bond motifs is 5. The van der Waals surface area contributed by atoms with E-state index in [1.165, 1.54) is 23.9 Å². The number of carbonyl (C=O) groups is 3. The van der Waals surface area contributed by atoms with Crippen molar-refractivity contribution in [1.82, 2.24) is 14.9 Å². The molecule has 0 spiro atoms. The van der Waals surface area contributed by atoms with Gasteiger partial charge in [-0.25, -0.2) is 4.98 Å². The monoisotopic (exact) mass is 448 g/mol. The Morgan fingerprint density at radius 1 is 1.00 bits per heavy atom. The normalized spacial score (nSPS) is 27.7. The van der Waals surface area contributed by atoms with Crippen LogP contribution < -0.4 is 10.1 Å². The molecule has 3 aliphatic heterocycles. The largest absolute Gasteiger partial charge is 0.477 e. The van der Waals surface area contributed by atoms with Gasteiger partial charge >= 0.3 is 0 Å². The molecule has 2 aromatic rings. The summed E-state index contributed by atoms with van der Waals surface area (Å²) in [5.74, 6) is -0.164. The van der Waals surface area contributed by atoms with E-state index in [0.717, 1.165) is 12.8 Å². The minimum Gasteiger partial charge on any atom is -0.477 e. The zero-order chi connectivity index (χ0) is 22.5. The number of aromatic nitrogens is 2. The number of hydrogen-bond donors (Lipinski definition) is 1. The fourth-order valence-electron chi connectivity index (χ4n) is 4.97. The Balaban J connectivity index is 1.06. The molecule has 5 heterocycles. The average molecular weight is 448 g/mol. The van der Waals surface area contributed by atoms with Crippen LogP contribution in [-0.2, 0) is 20.9 Å². The summed E-state index contributed by atoms with van der Waals surface area (Å²) in [6, 6.07) is 6.78. The van der Waals surface area contributed by atoms with Crippen molar-refractivity contribution >= 4 is 23.4 Å². The molecule has 1 aliphatic carbocycles. The number of amides is 3. The van der Waals surface area contributed by atoms with Crippen molar-refractivity contribution in [2.24, 2.45) is 17.8 Å². The van der Waals surface area contributed by atoms with Crippen molar-refractivity contribution in [1.29, 1.82) is 0 Å². The van der Waals surface area contributed by atoms with Crippen LogP contribution in [0.15, 0.2) is 36.7 Å². The summed E-state index contributed by atoms with van der Waals surface area (Å²) < 4.78 is 11.4. The first kappa shape index (κ1) is 20.3. The first-order valence-corrected chi connectivity index (χ1v) is 11.4. The lowest BCUT2D eigenvalue weighted by Crippen LogP contribution is -2.34. The third-order valence-corrected chi connectivity index (χ3v) is 6.94. The molecule has 0 aromatic carbocycles. The van der Waals surface area contributed by atoms with Gasteiger partial charge in [-0.2, -0.15) is 0 Å². The number of ether oxygens (including phenoxy) is 2. The second-order valence-electron chi connectivity index (χ2n) is 9.24. The second-order valence-corrected chi connectivity index (χ2v) is 9.24. The molecule has 4 aliphatic rings. The topological polar surface area (TPSA) is 111 Å². The van der Waals surface area contributed by atoms with E-state index in [1.807, 2.05) is 0 Å². The maximum atomic E-state index is 12.8. The molecule has 6 rings (SSSR count). The van der Waals surface area contributed by atoms with Crippen LogP contribution in [0.5, 0.6) is 5.88 Å². The number of imide groups is 1. The van der Waals surface area contributed by atoms with Crippen LogP contribution in [0.2, 0.25) is 0 Å². The van der Waals surface area contributed by atoms with E-state index in [-0.39, 0.29) is 48.3 Å². The third-order valence-electron chi connectivity index (χ3n) is 6.94.